The lowest BCUT2D eigenvalue weighted by Gasteiger charge is -2.21. The number of carbonyl (C=O) groups is 1. The van der Waals surface area contributed by atoms with Gasteiger partial charge in [0, 0.05) is 19.0 Å². The van der Waals surface area contributed by atoms with E-state index in [9.17, 15) is 4.79 Å². The van der Waals surface area contributed by atoms with Crippen LogP contribution >= 0.6 is 0 Å². The number of rotatable bonds is 1. The first-order valence-corrected chi connectivity index (χ1v) is 4.38. The predicted molar refractivity (Wildman–Crippen MR) is 49.2 cm³/mol. The average molecular weight is 173 g/mol. The fourth-order valence-corrected chi connectivity index (χ4v) is 0.655. The largest absolute Gasteiger partial charge is 0.379 e. The molecule has 0 amide bonds. The zero-order valence-corrected chi connectivity index (χ0v) is 8.25. The fraction of sp³-hybridized carbons (Fsp3) is 0.889. The lowest BCUT2D eigenvalue weighted by atomic mass is 10.3. The van der Waals surface area contributed by atoms with E-state index in [4.69, 9.17) is 4.74 Å². The second-order valence-electron chi connectivity index (χ2n) is 3.30. The molecule has 0 spiro atoms. The zero-order valence-electron chi connectivity index (χ0n) is 8.25. The van der Waals surface area contributed by atoms with Gasteiger partial charge in [-0.1, -0.05) is 13.8 Å². The number of hydrogen-bond acceptors (Lipinski definition) is 3. The summed E-state index contributed by atoms with van der Waals surface area (Å²) in [5.74, 6) is 0.204. The van der Waals surface area contributed by atoms with E-state index in [1.165, 1.54) is 0 Å². The van der Waals surface area contributed by atoms with Gasteiger partial charge in [0.05, 0.1) is 13.2 Å². The van der Waals surface area contributed by atoms with Crippen LogP contribution < -0.4 is 0 Å². The predicted octanol–water partition coefficient (Wildman–Crippen LogP) is 0.790. The van der Waals surface area contributed by atoms with Gasteiger partial charge in [-0.05, 0) is 7.05 Å². The van der Waals surface area contributed by atoms with Gasteiger partial charge >= 0.3 is 0 Å². The van der Waals surface area contributed by atoms with E-state index in [1.54, 1.807) is 0 Å². The lowest BCUT2D eigenvalue weighted by molar-refractivity contribution is -0.110. The number of carbonyl (C=O) groups excluding carboxylic acids is 1. The maximum Gasteiger partial charge on any atom is 0.122 e. The Morgan fingerprint density at radius 2 is 1.75 bits per heavy atom. The second-order valence-corrected chi connectivity index (χ2v) is 3.30. The molecule has 1 aliphatic rings. The third-order valence-electron chi connectivity index (χ3n) is 1.51. The van der Waals surface area contributed by atoms with E-state index in [0.29, 0.717) is 0 Å². The van der Waals surface area contributed by atoms with Crippen LogP contribution in [0.25, 0.3) is 0 Å². The lowest BCUT2D eigenvalue weighted by Crippen LogP contribution is -2.32. The molecule has 1 fully saturated rings. The van der Waals surface area contributed by atoms with Gasteiger partial charge in [0.1, 0.15) is 6.29 Å². The molecule has 0 aromatic carbocycles. The summed E-state index contributed by atoms with van der Waals surface area (Å²) in [6.45, 7) is 7.73. The Morgan fingerprint density at radius 1 is 1.33 bits per heavy atom. The van der Waals surface area contributed by atoms with Gasteiger partial charge in [0.2, 0.25) is 0 Å². The Morgan fingerprint density at radius 3 is 1.92 bits per heavy atom. The van der Waals surface area contributed by atoms with Crippen LogP contribution in [0, 0.1) is 5.92 Å². The van der Waals surface area contributed by atoms with E-state index < -0.39 is 0 Å². The van der Waals surface area contributed by atoms with Crippen LogP contribution in [0.2, 0.25) is 0 Å². The van der Waals surface area contributed by atoms with E-state index in [2.05, 4.69) is 11.9 Å². The van der Waals surface area contributed by atoms with E-state index in [0.717, 1.165) is 32.6 Å². The van der Waals surface area contributed by atoms with Crippen LogP contribution in [0.1, 0.15) is 13.8 Å². The summed E-state index contributed by atoms with van der Waals surface area (Å²) in [5, 5.41) is 0. The molecule has 1 saturated heterocycles. The second kappa shape index (κ2) is 7.25. The quantitative estimate of drug-likeness (QED) is 0.549. The van der Waals surface area contributed by atoms with Gasteiger partial charge in [-0.25, -0.2) is 0 Å². The van der Waals surface area contributed by atoms with Crippen molar-refractivity contribution in [1.29, 1.82) is 0 Å². The maximum atomic E-state index is 9.50. The summed E-state index contributed by atoms with van der Waals surface area (Å²) in [5.41, 5.74) is 0. The van der Waals surface area contributed by atoms with E-state index in [1.807, 2.05) is 13.8 Å². The summed E-state index contributed by atoms with van der Waals surface area (Å²) in [4.78, 5) is 11.8. The molecule has 0 radical (unpaired) electrons. The Hall–Kier alpha value is -0.410. The highest BCUT2D eigenvalue weighted by atomic mass is 16.5. The first kappa shape index (κ1) is 11.6. The minimum Gasteiger partial charge on any atom is -0.379 e. The molecule has 3 heteroatoms. The average Bonchev–Trinajstić information content (AvgIpc) is 2.07. The van der Waals surface area contributed by atoms with Crippen molar-refractivity contribution in [1.82, 2.24) is 4.90 Å². The highest BCUT2D eigenvalue weighted by Gasteiger charge is 2.02. The van der Waals surface area contributed by atoms with Gasteiger partial charge in [-0.2, -0.15) is 0 Å². The molecule has 0 unspecified atom stereocenters. The number of nitrogens with zero attached hydrogens (tertiary/aromatic N) is 1. The molecule has 0 saturated carbocycles. The highest BCUT2D eigenvalue weighted by molar-refractivity contribution is 5.51. The monoisotopic (exact) mass is 173 g/mol. The van der Waals surface area contributed by atoms with Crippen molar-refractivity contribution in [3.05, 3.63) is 0 Å². The maximum absolute atomic E-state index is 9.50. The number of morpholine rings is 1. The summed E-state index contributed by atoms with van der Waals surface area (Å²) < 4.78 is 5.10. The molecule has 72 valence electrons. The Bertz CT molecular complexity index is 109. The minimum absolute atomic E-state index is 0.204. The summed E-state index contributed by atoms with van der Waals surface area (Å²) in [6.07, 6.45) is 0.917. The Balaban J connectivity index is 0.000000217. The molecule has 3 nitrogen and oxygen atoms in total. The molecule has 12 heavy (non-hydrogen) atoms. The number of aldehydes is 1. The Labute approximate surface area is 74.7 Å². The van der Waals surface area contributed by atoms with Crippen LogP contribution in [0.3, 0.4) is 0 Å². The molecule has 0 aromatic heterocycles. The van der Waals surface area contributed by atoms with Crippen molar-refractivity contribution in [3.63, 3.8) is 0 Å². The van der Waals surface area contributed by atoms with Crippen LogP contribution in [0.15, 0.2) is 0 Å². The van der Waals surface area contributed by atoms with Crippen LogP contribution in [-0.4, -0.2) is 44.5 Å². The molecular weight excluding hydrogens is 154 g/mol. The first-order chi connectivity index (χ1) is 5.66. The molecular formula is C9H19NO2. The van der Waals surface area contributed by atoms with Crippen molar-refractivity contribution in [3.8, 4) is 0 Å². The molecule has 0 N–H and O–H groups in total. The van der Waals surface area contributed by atoms with Crippen molar-refractivity contribution in [2.24, 2.45) is 5.92 Å². The number of ether oxygens (including phenoxy) is 1. The summed E-state index contributed by atoms with van der Waals surface area (Å²) in [7, 11) is 2.11. The van der Waals surface area contributed by atoms with Gasteiger partial charge in [0.25, 0.3) is 0 Å². The number of hydrogen-bond donors (Lipinski definition) is 0. The van der Waals surface area contributed by atoms with Crippen LogP contribution in [0.5, 0.6) is 0 Å². The van der Waals surface area contributed by atoms with Crippen LogP contribution in [0.4, 0.5) is 0 Å². The molecule has 1 aliphatic heterocycles. The zero-order chi connectivity index (χ0) is 9.40. The summed E-state index contributed by atoms with van der Waals surface area (Å²) >= 11 is 0. The van der Waals surface area contributed by atoms with E-state index in [-0.39, 0.29) is 5.92 Å². The van der Waals surface area contributed by atoms with Crippen molar-refractivity contribution >= 4 is 6.29 Å². The standard InChI is InChI=1S/C5H11NO.C4H8O/c1-6-2-4-7-5-3-6;1-4(2)3-5/h2-5H2,1H3;3-4H,1-2H3. The first-order valence-electron chi connectivity index (χ1n) is 4.38. The molecule has 0 atom stereocenters. The van der Waals surface area contributed by atoms with Crippen molar-refractivity contribution in [2.45, 2.75) is 13.8 Å². The molecule has 0 bridgehead atoms. The van der Waals surface area contributed by atoms with Crippen LogP contribution in [-0.2, 0) is 9.53 Å². The number of likely N-dealkylation sites (N-methyl/N-ethyl adjacent to an activating group) is 1. The van der Waals surface area contributed by atoms with Gasteiger partial charge in [-0.15, -0.1) is 0 Å². The topological polar surface area (TPSA) is 29.5 Å². The molecule has 1 rings (SSSR count). The van der Waals surface area contributed by atoms with Gasteiger partial charge in [0.15, 0.2) is 0 Å². The van der Waals surface area contributed by atoms with Crippen molar-refractivity contribution < 1.29 is 9.53 Å². The Kier molecular flexibility index (Phi) is 7.00. The molecule has 1 heterocycles. The summed E-state index contributed by atoms with van der Waals surface area (Å²) in [6, 6.07) is 0. The van der Waals surface area contributed by atoms with Gasteiger partial charge in [-0.3, -0.25) is 0 Å². The van der Waals surface area contributed by atoms with Crippen molar-refractivity contribution in [2.75, 3.05) is 33.4 Å². The third kappa shape index (κ3) is 7.69. The fourth-order valence-electron chi connectivity index (χ4n) is 0.655. The smallest absolute Gasteiger partial charge is 0.122 e. The molecule has 0 aliphatic carbocycles. The third-order valence-corrected chi connectivity index (χ3v) is 1.51. The highest BCUT2D eigenvalue weighted by Crippen LogP contribution is 1.89. The molecule has 0 aromatic rings. The minimum atomic E-state index is 0.204. The van der Waals surface area contributed by atoms with E-state index >= 15 is 0 Å². The SMILES string of the molecule is CC(C)C=O.CN1CCOCC1. The van der Waals surface area contributed by atoms with Gasteiger partial charge < -0.3 is 14.4 Å². The normalized spacial score (nSPS) is 18.3.